The van der Waals surface area contributed by atoms with Crippen LogP contribution in [0.4, 0.5) is 0 Å². The van der Waals surface area contributed by atoms with Crippen LogP contribution in [0.2, 0.25) is 0 Å². The molecular weight excluding hydrogens is 436 g/mol. The molecule has 0 bridgehead atoms. The minimum atomic E-state index is 0.348. The fraction of sp³-hybridized carbons (Fsp3) is 0.400. The predicted molar refractivity (Wildman–Crippen MR) is 128 cm³/mol. The Morgan fingerprint density at radius 2 is 2.06 bits per heavy atom. The minimum absolute atomic E-state index is 0.348. The number of rotatable bonds is 5. The van der Waals surface area contributed by atoms with Gasteiger partial charge in [-0.2, -0.15) is 4.98 Å². The summed E-state index contributed by atoms with van der Waals surface area (Å²) in [7, 11) is 0. The van der Waals surface area contributed by atoms with Crippen molar-refractivity contribution in [1.29, 1.82) is 0 Å². The zero-order chi connectivity index (χ0) is 22.2. The number of benzene rings is 1. The van der Waals surface area contributed by atoms with E-state index in [2.05, 4.69) is 25.8 Å². The van der Waals surface area contributed by atoms with Crippen LogP contribution in [0, 0.1) is 0 Å². The maximum absolute atomic E-state index is 12.2. The summed E-state index contributed by atoms with van der Waals surface area (Å²) >= 11 is 1.48. The van der Waals surface area contributed by atoms with E-state index in [4.69, 9.17) is 9.15 Å². The van der Waals surface area contributed by atoms with Crippen molar-refractivity contribution in [1.82, 2.24) is 19.8 Å². The van der Waals surface area contributed by atoms with Gasteiger partial charge in [0.15, 0.2) is 5.65 Å². The van der Waals surface area contributed by atoms with Gasteiger partial charge in [0.05, 0.1) is 11.0 Å². The summed E-state index contributed by atoms with van der Waals surface area (Å²) in [6, 6.07) is 10.3. The highest BCUT2D eigenvalue weighted by Gasteiger charge is 2.29. The van der Waals surface area contributed by atoms with Gasteiger partial charge >= 0.3 is 0 Å². The number of piperidine rings is 2. The van der Waals surface area contributed by atoms with Crippen molar-refractivity contribution in [3.63, 3.8) is 0 Å². The fourth-order valence-corrected chi connectivity index (χ4v) is 5.78. The van der Waals surface area contributed by atoms with Gasteiger partial charge in [0.1, 0.15) is 11.3 Å². The van der Waals surface area contributed by atoms with Crippen molar-refractivity contribution in [2.24, 2.45) is 0 Å². The first-order valence-electron chi connectivity index (χ1n) is 11.6. The van der Waals surface area contributed by atoms with Crippen molar-refractivity contribution < 1.29 is 13.9 Å². The SMILES string of the molecule is O=C1CCCCN1C1CCN(Cc2coc3cc(Oc4nc5ncccc5s4)ccc23)CC1. The lowest BCUT2D eigenvalue weighted by Gasteiger charge is -2.40. The highest BCUT2D eigenvalue weighted by atomic mass is 32.1. The van der Waals surface area contributed by atoms with E-state index in [1.165, 1.54) is 16.9 Å². The number of hydrogen-bond donors (Lipinski definition) is 0. The summed E-state index contributed by atoms with van der Waals surface area (Å²) < 4.78 is 12.8. The number of furan rings is 1. The minimum Gasteiger partial charge on any atom is -0.464 e. The van der Waals surface area contributed by atoms with Crippen LogP contribution in [0.3, 0.4) is 0 Å². The van der Waals surface area contributed by atoms with E-state index in [-0.39, 0.29) is 0 Å². The summed E-state index contributed by atoms with van der Waals surface area (Å²) in [4.78, 5) is 25.6. The molecule has 0 N–H and O–H groups in total. The Bertz CT molecular complexity index is 1260. The third-order valence-electron chi connectivity index (χ3n) is 6.73. The number of thiazole rings is 1. The van der Waals surface area contributed by atoms with Crippen molar-refractivity contribution in [3.05, 3.63) is 48.4 Å². The molecule has 5 heterocycles. The maximum Gasteiger partial charge on any atom is 0.281 e. The van der Waals surface area contributed by atoms with Crippen LogP contribution in [0.5, 0.6) is 10.9 Å². The first-order chi connectivity index (χ1) is 16.2. The monoisotopic (exact) mass is 462 g/mol. The number of aromatic nitrogens is 2. The molecule has 0 unspecified atom stereocenters. The molecule has 2 saturated heterocycles. The zero-order valence-electron chi connectivity index (χ0n) is 18.4. The highest BCUT2D eigenvalue weighted by Crippen LogP contribution is 2.33. The Balaban J connectivity index is 1.11. The van der Waals surface area contributed by atoms with Crippen LogP contribution in [0.1, 0.15) is 37.7 Å². The van der Waals surface area contributed by atoms with E-state index >= 15 is 0 Å². The number of nitrogens with zero attached hydrogens (tertiary/aromatic N) is 4. The molecule has 1 aromatic carbocycles. The number of hydrogen-bond acceptors (Lipinski definition) is 7. The van der Waals surface area contributed by atoms with Crippen LogP contribution in [-0.2, 0) is 11.3 Å². The first-order valence-corrected chi connectivity index (χ1v) is 12.5. The topological polar surface area (TPSA) is 71.7 Å². The van der Waals surface area contributed by atoms with Gasteiger partial charge in [0, 0.05) is 61.9 Å². The van der Waals surface area contributed by atoms with E-state index in [1.54, 1.807) is 6.20 Å². The average Bonchev–Trinajstić information content (AvgIpc) is 3.43. The second-order valence-electron chi connectivity index (χ2n) is 8.88. The van der Waals surface area contributed by atoms with E-state index < -0.39 is 0 Å². The first kappa shape index (κ1) is 20.6. The largest absolute Gasteiger partial charge is 0.464 e. The molecule has 33 heavy (non-hydrogen) atoms. The Hall–Kier alpha value is -2.97. The smallest absolute Gasteiger partial charge is 0.281 e. The normalized spacial score (nSPS) is 18.4. The van der Waals surface area contributed by atoms with Crippen molar-refractivity contribution in [3.8, 4) is 10.9 Å². The molecule has 2 aliphatic rings. The molecule has 7 nitrogen and oxygen atoms in total. The van der Waals surface area contributed by atoms with Crippen molar-refractivity contribution in [2.45, 2.75) is 44.7 Å². The van der Waals surface area contributed by atoms with E-state index in [9.17, 15) is 4.79 Å². The molecule has 0 aliphatic carbocycles. The predicted octanol–water partition coefficient (Wildman–Crippen LogP) is 5.21. The van der Waals surface area contributed by atoms with E-state index in [0.29, 0.717) is 28.5 Å². The summed E-state index contributed by atoms with van der Waals surface area (Å²) in [5.41, 5.74) is 2.70. The van der Waals surface area contributed by atoms with Crippen LogP contribution < -0.4 is 4.74 Å². The lowest BCUT2D eigenvalue weighted by molar-refractivity contribution is -0.136. The number of amides is 1. The van der Waals surface area contributed by atoms with Gasteiger partial charge < -0.3 is 14.1 Å². The summed E-state index contributed by atoms with van der Waals surface area (Å²) in [5, 5.41) is 1.69. The molecule has 0 saturated carbocycles. The molecule has 3 aromatic heterocycles. The lowest BCUT2D eigenvalue weighted by atomic mass is 9.99. The molecule has 0 atom stereocenters. The van der Waals surface area contributed by atoms with Gasteiger partial charge in [-0.3, -0.25) is 9.69 Å². The molecule has 0 radical (unpaired) electrons. The quantitative estimate of drug-likeness (QED) is 0.406. The van der Waals surface area contributed by atoms with Gasteiger partial charge in [-0.05, 0) is 49.9 Å². The number of carbonyl (C=O) groups excluding carboxylic acids is 1. The number of likely N-dealkylation sites (tertiary alicyclic amines) is 2. The van der Waals surface area contributed by atoms with E-state index in [0.717, 1.165) is 74.0 Å². The van der Waals surface area contributed by atoms with Crippen LogP contribution in [0.25, 0.3) is 21.3 Å². The molecule has 6 rings (SSSR count). The lowest BCUT2D eigenvalue weighted by Crippen LogP contribution is -2.48. The molecule has 4 aromatic rings. The third-order valence-corrected chi connectivity index (χ3v) is 7.62. The van der Waals surface area contributed by atoms with Crippen LogP contribution >= 0.6 is 11.3 Å². The molecule has 1 amide bonds. The van der Waals surface area contributed by atoms with Gasteiger partial charge in [-0.15, -0.1) is 0 Å². The zero-order valence-corrected chi connectivity index (χ0v) is 19.2. The van der Waals surface area contributed by atoms with E-state index in [1.807, 2.05) is 30.5 Å². The highest BCUT2D eigenvalue weighted by molar-refractivity contribution is 7.20. The van der Waals surface area contributed by atoms with Gasteiger partial charge in [0.2, 0.25) is 5.91 Å². The summed E-state index contributed by atoms with van der Waals surface area (Å²) in [6.07, 6.45) is 8.62. The number of ether oxygens (including phenoxy) is 1. The fourth-order valence-electron chi connectivity index (χ4n) is 4.99. The van der Waals surface area contributed by atoms with Crippen LogP contribution in [0.15, 0.2) is 47.2 Å². The molecule has 2 aliphatic heterocycles. The number of pyridine rings is 1. The summed E-state index contributed by atoms with van der Waals surface area (Å²) in [6.45, 7) is 3.81. The van der Waals surface area contributed by atoms with Crippen LogP contribution in [-0.4, -0.2) is 51.4 Å². The molecule has 8 heteroatoms. The average molecular weight is 463 g/mol. The van der Waals surface area contributed by atoms with Gasteiger partial charge in [-0.1, -0.05) is 11.3 Å². The van der Waals surface area contributed by atoms with Crippen molar-refractivity contribution >= 4 is 38.6 Å². The molecule has 170 valence electrons. The van der Waals surface area contributed by atoms with Gasteiger partial charge in [-0.25, -0.2) is 4.98 Å². The van der Waals surface area contributed by atoms with Crippen molar-refractivity contribution in [2.75, 3.05) is 19.6 Å². The molecule has 0 spiro atoms. The Morgan fingerprint density at radius 1 is 1.15 bits per heavy atom. The standard InChI is InChI=1S/C25H26N4O3S/c30-23-5-1-2-11-29(23)18-8-12-28(13-9-18)15-17-16-31-21-14-19(6-7-20(17)21)32-25-27-24-22(33-25)4-3-10-26-24/h3-4,6-7,10,14,16,18H,1-2,5,8-9,11-13,15H2. The Kier molecular flexibility index (Phi) is 5.47. The number of fused-ring (bicyclic) bond motifs is 2. The second kappa shape index (κ2) is 8.76. The molecular formula is C25H26N4O3S. The summed E-state index contributed by atoms with van der Waals surface area (Å²) in [5.74, 6) is 1.05. The third kappa shape index (κ3) is 4.20. The number of carbonyl (C=O) groups is 1. The Labute approximate surface area is 196 Å². The molecule has 2 fully saturated rings. The second-order valence-corrected chi connectivity index (χ2v) is 9.87. The Morgan fingerprint density at radius 3 is 2.91 bits per heavy atom. The maximum atomic E-state index is 12.2. The van der Waals surface area contributed by atoms with Gasteiger partial charge in [0.25, 0.3) is 5.19 Å².